The van der Waals surface area contributed by atoms with E-state index in [9.17, 15) is 18.0 Å². The molecule has 9 heteroatoms. The van der Waals surface area contributed by atoms with E-state index < -0.39 is 27.9 Å². The minimum absolute atomic E-state index is 0.120. The molecule has 1 aromatic carbocycles. The molecule has 0 radical (unpaired) electrons. The molecule has 0 bridgehead atoms. The van der Waals surface area contributed by atoms with Crippen molar-refractivity contribution in [1.82, 2.24) is 10.0 Å². The molecule has 1 aromatic rings. The fourth-order valence-corrected chi connectivity index (χ4v) is 3.03. The van der Waals surface area contributed by atoms with E-state index in [2.05, 4.69) is 5.32 Å². The van der Waals surface area contributed by atoms with Gasteiger partial charge in [-0.2, -0.15) is 0 Å². The van der Waals surface area contributed by atoms with Gasteiger partial charge in [0.15, 0.2) is 11.5 Å². The third-order valence-corrected chi connectivity index (χ3v) is 4.42. The molecule has 1 atom stereocenters. The highest BCUT2D eigenvalue weighted by atomic mass is 32.2. The number of amides is 2. The van der Waals surface area contributed by atoms with Crippen LogP contribution in [-0.2, 0) is 19.6 Å². The number of benzene rings is 1. The van der Waals surface area contributed by atoms with Crippen LogP contribution in [0.5, 0.6) is 11.5 Å². The Balaban J connectivity index is 2.18. The lowest BCUT2D eigenvalue weighted by molar-refractivity contribution is -0.126. The zero-order valence-corrected chi connectivity index (χ0v) is 13.6. The lowest BCUT2D eigenvalue weighted by Gasteiger charge is -2.14. The molecule has 8 nitrogen and oxygen atoms in total. The molecule has 2 N–H and O–H groups in total. The van der Waals surface area contributed by atoms with Gasteiger partial charge >= 0.3 is 0 Å². The minimum atomic E-state index is -4.07. The number of carbonyl (C=O) groups excluding carboxylic acids is 2. The normalized spacial score (nSPS) is 15.2. The lowest BCUT2D eigenvalue weighted by atomic mass is 10.3. The van der Waals surface area contributed by atoms with E-state index in [0.29, 0.717) is 31.1 Å². The highest BCUT2D eigenvalue weighted by molar-refractivity contribution is 7.90. The van der Waals surface area contributed by atoms with Crippen LogP contribution in [0.1, 0.15) is 20.3 Å². The fourth-order valence-electron chi connectivity index (χ4n) is 1.96. The maximum absolute atomic E-state index is 12.3. The predicted octanol–water partition coefficient (Wildman–Crippen LogP) is 0.177. The summed E-state index contributed by atoms with van der Waals surface area (Å²) >= 11 is 0. The van der Waals surface area contributed by atoms with Gasteiger partial charge in [-0.3, -0.25) is 9.59 Å². The third kappa shape index (κ3) is 4.35. The maximum Gasteiger partial charge on any atom is 0.264 e. The molecule has 0 unspecified atom stereocenters. The van der Waals surface area contributed by atoms with Gasteiger partial charge in [-0.15, -0.1) is 0 Å². The molecule has 0 fully saturated rings. The average Bonchev–Trinajstić information content (AvgIpc) is 2.70. The summed E-state index contributed by atoms with van der Waals surface area (Å²) in [6, 6.07) is 3.14. The summed E-state index contributed by atoms with van der Waals surface area (Å²) in [5.41, 5.74) is 0. The molecule has 2 rings (SSSR count). The zero-order chi connectivity index (χ0) is 17.0. The number of rotatable bonds is 4. The van der Waals surface area contributed by atoms with Gasteiger partial charge < -0.3 is 14.8 Å². The van der Waals surface area contributed by atoms with Crippen LogP contribution in [0.25, 0.3) is 0 Å². The Labute approximate surface area is 134 Å². The SMILES string of the molecule is CC(=O)N[C@H](C)C(=O)NS(=O)(=O)c1ccc2c(c1)OCCCO2. The predicted molar refractivity (Wildman–Crippen MR) is 80.7 cm³/mol. The Bertz CT molecular complexity index is 716. The first kappa shape index (κ1) is 17.1. The van der Waals surface area contributed by atoms with Gasteiger partial charge in [0, 0.05) is 19.4 Å². The minimum Gasteiger partial charge on any atom is -0.490 e. The smallest absolute Gasteiger partial charge is 0.264 e. The largest absolute Gasteiger partial charge is 0.490 e. The first-order valence-corrected chi connectivity index (χ1v) is 8.51. The van der Waals surface area contributed by atoms with Crippen molar-refractivity contribution in [1.29, 1.82) is 0 Å². The maximum atomic E-state index is 12.3. The Kier molecular flexibility index (Phi) is 5.09. The first-order chi connectivity index (χ1) is 10.8. The van der Waals surface area contributed by atoms with Crippen molar-refractivity contribution in [3.05, 3.63) is 18.2 Å². The van der Waals surface area contributed by atoms with Crippen molar-refractivity contribution in [3.8, 4) is 11.5 Å². The van der Waals surface area contributed by atoms with Crippen LogP contribution in [0.4, 0.5) is 0 Å². The number of hydrogen-bond donors (Lipinski definition) is 2. The highest BCUT2D eigenvalue weighted by Crippen LogP contribution is 2.31. The summed E-state index contributed by atoms with van der Waals surface area (Å²) < 4.78 is 37.3. The van der Waals surface area contributed by atoms with Crippen LogP contribution in [-0.4, -0.2) is 39.5 Å². The summed E-state index contributed by atoms with van der Waals surface area (Å²) in [5.74, 6) is -0.486. The molecule has 2 amide bonds. The van der Waals surface area contributed by atoms with Gasteiger partial charge in [0.1, 0.15) is 6.04 Å². The quantitative estimate of drug-likeness (QED) is 0.807. The van der Waals surface area contributed by atoms with Crippen LogP contribution in [0.3, 0.4) is 0 Å². The van der Waals surface area contributed by atoms with Crippen LogP contribution in [0.15, 0.2) is 23.1 Å². The number of carbonyl (C=O) groups is 2. The zero-order valence-electron chi connectivity index (χ0n) is 12.8. The van der Waals surface area contributed by atoms with Crippen molar-refractivity contribution in [2.75, 3.05) is 13.2 Å². The van der Waals surface area contributed by atoms with Gasteiger partial charge in [0.05, 0.1) is 18.1 Å². The second-order valence-corrected chi connectivity index (χ2v) is 6.73. The van der Waals surface area contributed by atoms with Crippen molar-refractivity contribution in [3.63, 3.8) is 0 Å². The number of sulfonamides is 1. The number of fused-ring (bicyclic) bond motifs is 1. The Hall–Kier alpha value is -2.29. The van der Waals surface area contributed by atoms with E-state index in [4.69, 9.17) is 9.47 Å². The highest BCUT2D eigenvalue weighted by Gasteiger charge is 2.24. The molecule has 0 saturated heterocycles. The number of ether oxygens (including phenoxy) is 2. The summed E-state index contributed by atoms with van der Waals surface area (Å²) in [5, 5.41) is 2.31. The van der Waals surface area contributed by atoms with Crippen molar-refractivity contribution < 1.29 is 27.5 Å². The Morgan fingerprint density at radius 3 is 2.48 bits per heavy atom. The van der Waals surface area contributed by atoms with Crippen LogP contribution in [0.2, 0.25) is 0 Å². The van der Waals surface area contributed by atoms with E-state index in [1.165, 1.54) is 32.0 Å². The van der Waals surface area contributed by atoms with E-state index in [1.54, 1.807) is 0 Å². The lowest BCUT2D eigenvalue weighted by Crippen LogP contribution is -2.46. The van der Waals surface area contributed by atoms with Crippen molar-refractivity contribution in [2.24, 2.45) is 0 Å². The molecule has 0 spiro atoms. The molecule has 126 valence electrons. The van der Waals surface area contributed by atoms with E-state index in [1.807, 2.05) is 4.72 Å². The molecule has 1 heterocycles. The van der Waals surface area contributed by atoms with Gasteiger partial charge in [-0.25, -0.2) is 13.1 Å². The van der Waals surface area contributed by atoms with E-state index in [-0.39, 0.29) is 4.90 Å². The van der Waals surface area contributed by atoms with Gasteiger partial charge in [-0.05, 0) is 19.1 Å². The second kappa shape index (κ2) is 6.86. The van der Waals surface area contributed by atoms with E-state index in [0.717, 1.165) is 0 Å². The van der Waals surface area contributed by atoms with Crippen molar-refractivity contribution >= 4 is 21.8 Å². The monoisotopic (exact) mass is 342 g/mol. The second-order valence-electron chi connectivity index (χ2n) is 5.05. The molecule has 1 aliphatic heterocycles. The number of nitrogens with one attached hydrogen (secondary N) is 2. The number of hydrogen-bond acceptors (Lipinski definition) is 6. The van der Waals surface area contributed by atoms with E-state index >= 15 is 0 Å². The molecular formula is C14H18N2O6S. The third-order valence-electron chi connectivity index (χ3n) is 3.08. The van der Waals surface area contributed by atoms with Gasteiger partial charge in [0.2, 0.25) is 5.91 Å². The molecule has 0 aromatic heterocycles. The summed E-state index contributed by atoms with van der Waals surface area (Å²) in [6.45, 7) is 3.54. The molecule has 23 heavy (non-hydrogen) atoms. The molecular weight excluding hydrogens is 324 g/mol. The summed E-state index contributed by atoms with van der Waals surface area (Å²) in [6.07, 6.45) is 0.696. The van der Waals surface area contributed by atoms with Gasteiger partial charge in [0.25, 0.3) is 15.9 Å². The molecule has 0 aliphatic carbocycles. The van der Waals surface area contributed by atoms with Crippen LogP contribution in [0, 0.1) is 0 Å². The molecule has 1 aliphatic rings. The Morgan fingerprint density at radius 1 is 1.17 bits per heavy atom. The fraction of sp³-hybridized carbons (Fsp3) is 0.429. The van der Waals surface area contributed by atoms with Crippen LogP contribution < -0.4 is 19.5 Å². The standard InChI is InChI=1S/C14H18N2O6S/c1-9(15-10(2)17)14(18)16-23(19,20)11-4-5-12-13(8-11)22-7-3-6-21-12/h4-5,8-9H,3,6-7H2,1-2H3,(H,15,17)(H,16,18)/t9-/m1/s1. The Morgan fingerprint density at radius 2 is 1.83 bits per heavy atom. The summed E-state index contributed by atoms with van der Waals surface area (Å²) in [7, 11) is -4.07. The molecule has 0 saturated carbocycles. The van der Waals surface area contributed by atoms with Gasteiger partial charge in [-0.1, -0.05) is 0 Å². The topological polar surface area (TPSA) is 111 Å². The van der Waals surface area contributed by atoms with Crippen LogP contribution >= 0.6 is 0 Å². The average molecular weight is 342 g/mol. The van der Waals surface area contributed by atoms with Crippen molar-refractivity contribution in [2.45, 2.75) is 31.2 Å². The first-order valence-electron chi connectivity index (χ1n) is 7.03. The summed E-state index contributed by atoms with van der Waals surface area (Å²) in [4.78, 5) is 22.6.